The number of likely N-dealkylation sites (tertiary alicyclic amines) is 1. The Kier molecular flexibility index (Phi) is 11.2. The molecular formula is C39H46BrN3O7. The molecule has 0 radical (unpaired) electrons. The molecule has 4 aliphatic rings. The normalized spacial score (nSPS) is 31.2. The van der Waals surface area contributed by atoms with E-state index in [-0.39, 0.29) is 31.4 Å². The molecule has 8 atom stereocenters. The zero-order valence-corrected chi connectivity index (χ0v) is 30.2. The molecule has 4 heterocycles. The van der Waals surface area contributed by atoms with Crippen molar-refractivity contribution in [3.05, 3.63) is 94.5 Å². The number of allylic oxidation sites excluding steroid dienone is 1. The van der Waals surface area contributed by atoms with Gasteiger partial charge in [-0.2, -0.15) is 0 Å². The highest BCUT2D eigenvalue weighted by atomic mass is 79.9. The van der Waals surface area contributed by atoms with E-state index in [0.717, 1.165) is 24.8 Å². The predicted octanol–water partition coefficient (Wildman–Crippen LogP) is 4.62. The number of carbonyl (C=O) groups excluding carboxylic acids is 4. The minimum Gasteiger partial charge on any atom is -0.455 e. The minimum absolute atomic E-state index is 0.189. The van der Waals surface area contributed by atoms with E-state index in [2.05, 4.69) is 28.2 Å². The number of carbonyl (C=O) groups is 4. The number of nitrogens with zero attached hydrogens (tertiary/aromatic N) is 2. The molecule has 3 amide bonds. The van der Waals surface area contributed by atoms with Gasteiger partial charge in [-0.15, -0.1) is 0 Å². The fraction of sp³-hybridized carbons (Fsp3) is 0.487. The number of hydrogen-bond donors (Lipinski definition) is 2. The summed E-state index contributed by atoms with van der Waals surface area (Å²) in [6.07, 6.45) is 7.51. The number of nitrogens with one attached hydrogen (secondary N) is 1. The molecule has 50 heavy (non-hydrogen) atoms. The van der Waals surface area contributed by atoms with E-state index >= 15 is 0 Å². The van der Waals surface area contributed by atoms with Crippen molar-refractivity contribution in [1.29, 1.82) is 0 Å². The number of benzene rings is 2. The number of aliphatic hydroxyl groups excluding tert-OH is 1. The van der Waals surface area contributed by atoms with Gasteiger partial charge in [-0.05, 0) is 43.4 Å². The summed E-state index contributed by atoms with van der Waals surface area (Å²) >= 11 is 3.63. The van der Waals surface area contributed by atoms with Gasteiger partial charge in [0.05, 0.1) is 24.6 Å². The Morgan fingerprint density at radius 1 is 0.980 bits per heavy atom. The zero-order valence-electron chi connectivity index (χ0n) is 28.6. The quantitative estimate of drug-likeness (QED) is 0.218. The maximum Gasteiger partial charge on any atom is 0.313 e. The lowest BCUT2D eigenvalue weighted by Crippen LogP contribution is -2.59. The molecule has 5 bridgehead atoms. The third-order valence-corrected chi connectivity index (χ3v) is 11.1. The number of rotatable bonds is 9. The van der Waals surface area contributed by atoms with Gasteiger partial charge in [-0.3, -0.25) is 19.2 Å². The van der Waals surface area contributed by atoms with E-state index < -0.39 is 59.6 Å². The Morgan fingerprint density at radius 3 is 2.40 bits per heavy atom. The van der Waals surface area contributed by atoms with Crippen molar-refractivity contribution in [2.75, 3.05) is 19.7 Å². The van der Waals surface area contributed by atoms with E-state index in [0.29, 0.717) is 29.4 Å². The van der Waals surface area contributed by atoms with E-state index in [1.807, 2.05) is 72.8 Å². The molecule has 11 heteroatoms. The predicted molar refractivity (Wildman–Crippen MR) is 191 cm³/mol. The number of hydrogen-bond acceptors (Lipinski definition) is 7. The standard InChI is InChI=1S/C39H46BrN3O7/c1-3-4-13-20-42-21-14-7-12-19-30(45)41-25(2)33(27-17-10-6-11-18-27)49-38(48)31-32-36(46)43(28(24-44)22-26-15-8-5-9-16-26)35(37(42)47)39(32)23-29(40)34(31)50-39/h5-11,14-18,23,25,28,31-35,44H,3-4,12-13,19-22,24H2,1-2H3,(H,41,45)/b14-7-/t25-,28+,31+,32-,33+,34+,35+,39-/m0/s1. The number of halogens is 1. The second-order valence-electron chi connectivity index (χ2n) is 13.7. The van der Waals surface area contributed by atoms with E-state index in [9.17, 15) is 24.3 Å². The summed E-state index contributed by atoms with van der Waals surface area (Å²) in [5, 5.41) is 13.9. The van der Waals surface area contributed by atoms with Crippen molar-refractivity contribution in [1.82, 2.24) is 15.1 Å². The highest BCUT2D eigenvalue weighted by Crippen LogP contribution is 2.59. The second-order valence-corrected chi connectivity index (χ2v) is 14.6. The average molecular weight is 749 g/mol. The summed E-state index contributed by atoms with van der Waals surface area (Å²) in [5.74, 6) is -3.72. The SMILES string of the molecule is CCCCCN1C/C=C\CCC(=O)N[C@@H](C)[C@H](c2ccccc2)OC(=O)[C@H]2[C@@H]3O[C@@]4(C=C3Br)[C@@H]2C(=O)N([C@@H](CO)Cc2ccccc2)[C@@H]4C1=O. The van der Waals surface area contributed by atoms with Crippen LogP contribution < -0.4 is 5.32 Å². The van der Waals surface area contributed by atoms with Crippen LogP contribution in [0, 0.1) is 11.8 Å². The van der Waals surface area contributed by atoms with E-state index in [1.54, 1.807) is 17.9 Å². The lowest BCUT2D eigenvalue weighted by atomic mass is 9.74. The molecule has 0 aromatic heterocycles. The van der Waals surface area contributed by atoms with E-state index in [1.165, 1.54) is 4.90 Å². The van der Waals surface area contributed by atoms with Gasteiger partial charge in [-0.25, -0.2) is 0 Å². The van der Waals surface area contributed by atoms with Gasteiger partial charge in [0.1, 0.15) is 29.8 Å². The fourth-order valence-corrected chi connectivity index (χ4v) is 8.73. The number of amides is 3. The minimum atomic E-state index is -1.46. The topological polar surface area (TPSA) is 125 Å². The van der Waals surface area contributed by atoms with Crippen molar-refractivity contribution >= 4 is 39.6 Å². The number of ether oxygens (including phenoxy) is 2. The number of cyclic esters (lactones) is 1. The van der Waals surface area contributed by atoms with Crippen LogP contribution in [-0.4, -0.2) is 88.1 Å². The molecule has 0 saturated carbocycles. The Hall–Kier alpha value is -3.80. The van der Waals surface area contributed by atoms with Crippen LogP contribution in [0.25, 0.3) is 0 Å². The molecule has 0 aliphatic carbocycles. The van der Waals surface area contributed by atoms with Gasteiger partial charge < -0.3 is 29.7 Å². The summed E-state index contributed by atoms with van der Waals surface area (Å²) in [5.41, 5.74) is 0.129. The first-order chi connectivity index (χ1) is 24.2. The van der Waals surface area contributed by atoms with Gasteiger partial charge >= 0.3 is 5.97 Å². The molecular weight excluding hydrogens is 702 g/mol. The first-order valence-corrected chi connectivity index (χ1v) is 18.5. The van der Waals surface area contributed by atoms with Gasteiger partial charge in [0.15, 0.2) is 0 Å². The zero-order chi connectivity index (χ0) is 35.4. The molecule has 2 aromatic carbocycles. The molecule has 2 N–H and O–H groups in total. The van der Waals surface area contributed by atoms with Gasteiger partial charge in [0.25, 0.3) is 0 Å². The Labute approximate surface area is 302 Å². The highest BCUT2D eigenvalue weighted by Gasteiger charge is 2.75. The molecule has 266 valence electrons. The summed E-state index contributed by atoms with van der Waals surface area (Å²) in [6.45, 7) is 4.23. The highest BCUT2D eigenvalue weighted by molar-refractivity contribution is 9.11. The third-order valence-electron chi connectivity index (χ3n) is 10.4. The van der Waals surface area contributed by atoms with Crippen molar-refractivity contribution in [2.24, 2.45) is 11.8 Å². The monoisotopic (exact) mass is 747 g/mol. The summed E-state index contributed by atoms with van der Waals surface area (Å²) < 4.78 is 13.5. The smallest absolute Gasteiger partial charge is 0.313 e. The largest absolute Gasteiger partial charge is 0.455 e. The Bertz CT molecular complexity index is 1620. The van der Waals surface area contributed by atoms with Crippen molar-refractivity contribution in [2.45, 2.75) is 88.3 Å². The van der Waals surface area contributed by atoms with Crippen LogP contribution in [0.5, 0.6) is 0 Å². The van der Waals surface area contributed by atoms with Gasteiger partial charge in [0, 0.05) is 24.0 Å². The number of unbranched alkanes of at least 4 members (excludes halogenated alkanes) is 2. The number of esters is 1. The molecule has 0 unspecified atom stereocenters. The number of fused-ring (bicyclic) bond motifs is 2. The van der Waals surface area contributed by atoms with Gasteiger partial charge in [-0.1, -0.05) is 109 Å². The van der Waals surface area contributed by atoms with Crippen molar-refractivity contribution < 1.29 is 33.8 Å². The molecule has 10 nitrogen and oxygen atoms in total. The van der Waals surface area contributed by atoms with Crippen LogP contribution in [0.1, 0.15) is 63.2 Å². The van der Waals surface area contributed by atoms with Crippen LogP contribution in [0.3, 0.4) is 0 Å². The van der Waals surface area contributed by atoms with Crippen LogP contribution in [0.15, 0.2) is 83.4 Å². The Morgan fingerprint density at radius 2 is 1.70 bits per heavy atom. The number of aliphatic hydroxyl groups is 1. The van der Waals surface area contributed by atoms with Gasteiger partial charge in [0.2, 0.25) is 17.7 Å². The maximum absolute atomic E-state index is 15.0. The van der Waals surface area contributed by atoms with Crippen molar-refractivity contribution in [3.8, 4) is 0 Å². The maximum atomic E-state index is 15.0. The van der Waals surface area contributed by atoms with Crippen LogP contribution in [-0.2, 0) is 35.1 Å². The van der Waals surface area contributed by atoms with Crippen molar-refractivity contribution in [3.63, 3.8) is 0 Å². The average Bonchev–Trinajstić information content (AvgIpc) is 3.71. The summed E-state index contributed by atoms with van der Waals surface area (Å²) in [7, 11) is 0. The van der Waals surface area contributed by atoms with Crippen LogP contribution >= 0.6 is 15.9 Å². The first kappa shape index (κ1) is 36.0. The molecule has 2 saturated heterocycles. The summed E-state index contributed by atoms with van der Waals surface area (Å²) in [4.78, 5) is 60.6. The summed E-state index contributed by atoms with van der Waals surface area (Å²) in [6, 6.07) is 16.3. The third kappa shape index (κ3) is 6.92. The molecule has 2 aromatic rings. The molecule has 2 fully saturated rings. The molecule has 6 rings (SSSR count). The lowest BCUT2D eigenvalue weighted by Gasteiger charge is -2.39. The Balaban J connectivity index is 1.46. The van der Waals surface area contributed by atoms with E-state index in [4.69, 9.17) is 9.47 Å². The fourth-order valence-electron chi connectivity index (χ4n) is 7.99. The lowest BCUT2D eigenvalue weighted by molar-refractivity contribution is -0.162. The van der Waals surface area contributed by atoms with Crippen LogP contribution in [0.4, 0.5) is 0 Å². The molecule has 4 aliphatic heterocycles. The van der Waals surface area contributed by atoms with Crippen LogP contribution in [0.2, 0.25) is 0 Å². The first-order valence-electron chi connectivity index (χ1n) is 17.7. The second kappa shape index (κ2) is 15.6. The molecule has 1 spiro atoms.